The van der Waals surface area contributed by atoms with Gasteiger partial charge in [0.25, 0.3) is 0 Å². The van der Waals surface area contributed by atoms with E-state index < -0.39 is 12.1 Å². The Morgan fingerprint density at radius 1 is 1.03 bits per heavy atom. The number of alkyl halides is 3. The molecule has 2 N–H and O–H groups in total. The standard InChI is InChI=1S/C18H19N5.C2HF3O2/c1-2-9-23(10-3-1)18-12-17(19-13-20-18)15-6-4-5-14(11-15)16-7-8-21-22-16;3-2(4,5)1(6)7/h4-8,11-13H,1-3,9-10H2,(H,21,22);(H,6,7). The van der Waals surface area contributed by atoms with E-state index in [4.69, 9.17) is 9.90 Å². The lowest BCUT2D eigenvalue weighted by molar-refractivity contribution is -0.192. The Morgan fingerprint density at radius 3 is 2.37 bits per heavy atom. The third-order valence-electron chi connectivity index (χ3n) is 4.55. The number of H-pyrrole nitrogens is 1. The van der Waals surface area contributed by atoms with Gasteiger partial charge in [-0.15, -0.1) is 0 Å². The molecule has 0 amide bonds. The van der Waals surface area contributed by atoms with Crippen LogP contribution in [0.5, 0.6) is 0 Å². The topological polar surface area (TPSA) is 95.0 Å². The highest BCUT2D eigenvalue weighted by atomic mass is 19.4. The summed E-state index contributed by atoms with van der Waals surface area (Å²) < 4.78 is 31.7. The fourth-order valence-corrected chi connectivity index (χ4v) is 3.06. The summed E-state index contributed by atoms with van der Waals surface area (Å²) in [5.74, 6) is -1.73. The minimum Gasteiger partial charge on any atom is -0.475 e. The molecule has 0 aliphatic carbocycles. The Kier molecular flexibility index (Phi) is 6.65. The van der Waals surface area contributed by atoms with Crippen molar-refractivity contribution in [1.82, 2.24) is 20.2 Å². The van der Waals surface area contributed by atoms with E-state index in [1.54, 1.807) is 12.5 Å². The molecular formula is C20H20F3N5O2. The fourth-order valence-electron chi connectivity index (χ4n) is 3.06. The predicted molar refractivity (Wildman–Crippen MR) is 105 cm³/mol. The van der Waals surface area contributed by atoms with Crippen molar-refractivity contribution in [3.63, 3.8) is 0 Å². The quantitative estimate of drug-likeness (QED) is 0.662. The number of benzene rings is 1. The van der Waals surface area contributed by atoms with E-state index in [2.05, 4.69) is 49.3 Å². The predicted octanol–water partition coefficient (Wildman–Crippen LogP) is 4.16. The van der Waals surface area contributed by atoms with Gasteiger partial charge in [-0.1, -0.05) is 18.2 Å². The van der Waals surface area contributed by atoms with Crippen LogP contribution in [-0.4, -0.2) is 50.5 Å². The summed E-state index contributed by atoms with van der Waals surface area (Å²) in [5.41, 5.74) is 4.18. The molecule has 7 nitrogen and oxygen atoms in total. The number of carboxylic acids is 1. The van der Waals surface area contributed by atoms with Crippen molar-refractivity contribution < 1.29 is 23.1 Å². The number of carboxylic acid groups (broad SMARTS) is 1. The van der Waals surface area contributed by atoms with Crippen molar-refractivity contribution in [2.45, 2.75) is 25.4 Å². The molecule has 3 aromatic rings. The number of anilines is 1. The molecule has 0 spiro atoms. The Morgan fingerprint density at radius 2 is 1.73 bits per heavy atom. The SMILES string of the molecule is O=C(O)C(F)(F)F.c1cc(-c2cc(N3CCCCC3)ncn2)cc(-c2ccn[nH]2)c1. The van der Waals surface area contributed by atoms with Crippen molar-refractivity contribution in [3.8, 4) is 22.5 Å². The Balaban J connectivity index is 0.000000318. The smallest absolute Gasteiger partial charge is 0.475 e. The fraction of sp³-hybridized carbons (Fsp3) is 0.300. The summed E-state index contributed by atoms with van der Waals surface area (Å²) in [6.07, 6.45) is 2.16. The van der Waals surface area contributed by atoms with E-state index in [-0.39, 0.29) is 0 Å². The number of aliphatic carboxylic acids is 1. The number of hydrogen-bond acceptors (Lipinski definition) is 5. The number of aromatic amines is 1. The molecule has 3 heterocycles. The van der Waals surface area contributed by atoms with Crippen LogP contribution in [0, 0.1) is 0 Å². The van der Waals surface area contributed by atoms with Gasteiger partial charge in [0.15, 0.2) is 0 Å². The van der Waals surface area contributed by atoms with Crippen LogP contribution in [0.1, 0.15) is 19.3 Å². The van der Waals surface area contributed by atoms with Gasteiger partial charge in [0, 0.05) is 36.5 Å². The van der Waals surface area contributed by atoms with Gasteiger partial charge < -0.3 is 10.0 Å². The zero-order valence-electron chi connectivity index (χ0n) is 15.9. The second kappa shape index (κ2) is 9.38. The average molecular weight is 419 g/mol. The number of carbonyl (C=O) groups is 1. The van der Waals surface area contributed by atoms with E-state index in [1.165, 1.54) is 19.3 Å². The van der Waals surface area contributed by atoms with Gasteiger partial charge in [-0.3, -0.25) is 5.10 Å². The first-order chi connectivity index (χ1) is 14.3. The monoisotopic (exact) mass is 419 g/mol. The lowest BCUT2D eigenvalue weighted by Crippen LogP contribution is -2.30. The summed E-state index contributed by atoms with van der Waals surface area (Å²) in [6, 6.07) is 12.4. The zero-order valence-corrected chi connectivity index (χ0v) is 15.9. The molecular weight excluding hydrogens is 399 g/mol. The minimum atomic E-state index is -5.08. The Bertz CT molecular complexity index is 971. The molecule has 1 saturated heterocycles. The molecule has 1 aliphatic heterocycles. The van der Waals surface area contributed by atoms with Crippen LogP contribution < -0.4 is 4.90 Å². The van der Waals surface area contributed by atoms with E-state index in [0.29, 0.717) is 0 Å². The second-order valence-corrected chi connectivity index (χ2v) is 6.66. The first-order valence-corrected chi connectivity index (χ1v) is 9.32. The number of rotatable bonds is 3. The summed E-state index contributed by atoms with van der Waals surface area (Å²) in [4.78, 5) is 20.2. The van der Waals surface area contributed by atoms with Gasteiger partial charge in [-0.05, 0) is 31.4 Å². The number of hydrogen-bond donors (Lipinski definition) is 2. The van der Waals surface area contributed by atoms with Gasteiger partial charge >= 0.3 is 12.1 Å². The van der Waals surface area contributed by atoms with Crippen LogP contribution >= 0.6 is 0 Å². The molecule has 158 valence electrons. The first kappa shape index (κ1) is 21.3. The molecule has 1 aromatic carbocycles. The largest absolute Gasteiger partial charge is 0.490 e. The van der Waals surface area contributed by atoms with Crippen LogP contribution in [0.4, 0.5) is 19.0 Å². The van der Waals surface area contributed by atoms with Crippen molar-refractivity contribution in [2.75, 3.05) is 18.0 Å². The van der Waals surface area contributed by atoms with Crippen molar-refractivity contribution in [1.29, 1.82) is 0 Å². The van der Waals surface area contributed by atoms with Gasteiger partial charge in [-0.2, -0.15) is 18.3 Å². The molecule has 10 heteroatoms. The molecule has 1 fully saturated rings. The normalized spacial score (nSPS) is 14.0. The minimum absolute atomic E-state index is 0.960. The van der Waals surface area contributed by atoms with Crippen LogP contribution in [0.25, 0.3) is 22.5 Å². The maximum Gasteiger partial charge on any atom is 0.490 e. The van der Waals surface area contributed by atoms with Gasteiger partial charge in [0.1, 0.15) is 12.1 Å². The third kappa shape index (κ3) is 5.56. The molecule has 4 rings (SSSR count). The van der Waals surface area contributed by atoms with E-state index in [0.717, 1.165) is 41.4 Å². The van der Waals surface area contributed by atoms with Gasteiger partial charge in [0.2, 0.25) is 0 Å². The molecule has 0 saturated carbocycles. The molecule has 2 aromatic heterocycles. The van der Waals surface area contributed by atoms with E-state index in [1.807, 2.05) is 12.1 Å². The van der Waals surface area contributed by atoms with Crippen LogP contribution in [0.15, 0.2) is 48.9 Å². The maximum atomic E-state index is 10.6. The third-order valence-corrected chi connectivity index (χ3v) is 4.55. The number of halogens is 3. The molecule has 30 heavy (non-hydrogen) atoms. The Hall–Kier alpha value is -3.43. The summed E-state index contributed by atoms with van der Waals surface area (Å²) in [5, 5.41) is 14.1. The van der Waals surface area contributed by atoms with Gasteiger partial charge in [0.05, 0.1) is 11.4 Å². The summed E-state index contributed by atoms with van der Waals surface area (Å²) >= 11 is 0. The molecule has 1 aliphatic rings. The van der Waals surface area contributed by atoms with Crippen LogP contribution in [0.3, 0.4) is 0 Å². The van der Waals surface area contributed by atoms with Crippen LogP contribution in [-0.2, 0) is 4.79 Å². The van der Waals surface area contributed by atoms with Crippen molar-refractivity contribution in [2.24, 2.45) is 0 Å². The number of nitrogens with one attached hydrogen (secondary N) is 1. The lowest BCUT2D eigenvalue weighted by Gasteiger charge is -2.27. The Labute approximate surface area is 170 Å². The molecule has 0 radical (unpaired) electrons. The highest BCUT2D eigenvalue weighted by Gasteiger charge is 2.38. The molecule has 0 atom stereocenters. The zero-order chi connectivity index (χ0) is 21.6. The van der Waals surface area contributed by atoms with Gasteiger partial charge in [-0.25, -0.2) is 14.8 Å². The lowest BCUT2D eigenvalue weighted by atomic mass is 10.1. The highest BCUT2D eigenvalue weighted by Crippen LogP contribution is 2.26. The summed E-state index contributed by atoms with van der Waals surface area (Å²) in [7, 11) is 0. The second-order valence-electron chi connectivity index (χ2n) is 6.66. The van der Waals surface area contributed by atoms with Crippen molar-refractivity contribution in [3.05, 3.63) is 48.9 Å². The van der Waals surface area contributed by atoms with E-state index >= 15 is 0 Å². The molecule has 0 bridgehead atoms. The summed E-state index contributed by atoms with van der Waals surface area (Å²) in [6.45, 7) is 2.18. The highest BCUT2D eigenvalue weighted by molar-refractivity contribution is 5.73. The number of nitrogens with zero attached hydrogens (tertiary/aromatic N) is 4. The maximum absolute atomic E-state index is 10.6. The van der Waals surface area contributed by atoms with Crippen molar-refractivity contribution >= 4 is 11.8 Å². The molecule has 0 unspecified atom stereocenters. The number of aromatic nitrogens is 4. The number of piperidine rings is 1. The first-order valence-electron chi connectivity index (χ1n) is 9.32. The van der Waals surface area contributed by atoms with E-state index in [9.17, 15) is 13.2 Å². The van der Waals surface area contributed by atoms with Crippen LogP contribution in [0.2, 0.25) is 0 Å². The average Bonchev–Trinajstić information content (AvgIpc) is 3.29.